The van der Waals surface area contributed by atoms with E-state index < -0.39 is 11.9 Å². The van der Waals surface area contributed by atoms with Crippen LogP contribution in [-0.4, -0.2) is 25.2 Å². The molecule has 0 aliphatic carbocycles. The van der Waals surface area contributed by atoms with Gasteiger partial charge in [-0.25, -0.2) is 9.59 Å². The second-order valence-corrected chi connectivity index (χ2v) is 5.38. The second-order valence-electron chi connectivity index (χ2n) is 3.89. The van der Waals surface area contributed by atoms with Gasteiger partial charge >= 0.3 is 11.9 Å². The minimum atomic E-state index is -0.538. The maximum Gasteiger partial charge on any atom is 0.349 e. The van der Waals surface area contributed by atoms with Crippen LogP contribution in [0.1, 0.15) is 33.9 Å². The van der Waals surface area contributed by atoms with Crippen molar-refractivity contribution < 1.29 is 19.1 Å². The molecule has 106 valence electrons. The zero-order valence-corrected chi connectivity index (χ0v) is 12.6. The summed E-state index contributed by atoms with van der Waals surface area (Å²) in [4.78, 5) is 24.3. The van der Waals surface area contributed by atoms with Crippen molar-refractivity contribution in [3.8, 4) is 0 Å². The number of thiophene rings is 1. The van der Waals surface area contributed by atoms with Crippen LogP contribution in [0.2, 0.25) is 5.02 Å². The van der Waals surface area contributed by atoms with Crippen molar-refractivity contribution in [2.45, 2.75) is 13.8 Å². The summed E-state index contributed by atoms with van der Waals surface area (Å²) in [7, 11) is 0. The second kappa shape index (κ2) is 6.24. The van der Waals surface area contributed by atoms with E-state index in [4.69, 9.17) is 21.1 Å². The van der Waals surface area contributed by atoms with Crippen LogP contribution >= 0.6 is 22.9 Å². The molecule has 0 aliphatic heterocycles. The molecule has 6 heteroatoms. The fourth-order valence-electron chi connectivity index (χ4n) is 1.82. The zero-order valence-electron chi connectivity index (χ0n) is 11.1. The van der Waals surface area contributed by atoms with Gasteiger partial charge in [-0.15, -0.1) is 11.3 Å². The van der Waals surface area contributed by atoms with Crippen molar-refractivity contribution in [1.82, 2.24) is 0 Å². The maximum atomic E-state index is 12.1. The van der Waals surface area contributed by atoms with Crippen molar-refractivity contribution in [2.24, 2.45) is 0 Å². The molecule has 0 aliphatic rings. The highest BCUT2D eigenvalue weighted by Gasteiger charge is 2.25. The van der Waals surface area contributed by atoms with E-state index in [1.807, 2.05) is 0 Å². The molecule has 2 aromatic rings. The molecule has 0 fully saturated rings. The highest BCUT2D eigenvalue weighted by atomic mass is 35.5. The van der Waals surface area contributed by atoms with Crippen molar-refractivity contribution in [3.63, 3.8) is 0 Å². The summed E-state index contributed by atoms with van der Waals surface area (Å²) in [5.74, 6) is -1.06. The fraction of sp³-hybridized carbons (Fsp3) is 0.286. The summed E-state index contributed by atoms with van der Waals surface area (Å²) in [6.07, 6.45) is 0. The van der Waals surface area contributed by atoms with Crippen LogP contribution in [0.4, 0.5) is 0 Å². The zero-order chi connectivity index (χ0) is 14.7. The van der Waals surface area contributed by atoms with E-state index in [9.17, 15) is 9.59 Å². The van der Waals surface area contributed by atoms with Crippen molar-refractivity contribution in [1.29, 1.82) is 0 Å². The van der Waals surface area contributed by atoms with Crippen LogP contribution in [0, 0.1) is 0 Å². The molecule has 0 atom stereocenters. The number of benzene rings is 1. The smallest absolute Gasteiger partial charge is 0.349 e. The Hall–Kier alpha value is -1.59. The van der Waals surface area contributed by atoms with Gasteiger partial charge < -0.3 is 9.47 Å². The summed E-state index contributed by atoms with van der Waals surface area (Å²) in [5.41, 5.74) is 0.229. The van der Waals surface area contributed by atoms with Gasteiger partial charge in [0.2, 0.25) is 0 Å². The van der Waals surface area contributed by atoms with E-state index in [0.29, 0.717) is 10.4 Å². The number of hydrogen-bond acceptors (Lipinski definition) is 5. The summed E-state index contributed by atoms with van der Waals surface area (Å²) in [6.45, 7) is 3.91. The lowest BCUT2D eigenvalue weighted by molar-refractivity contribution is 0.0485. The molecule has 20 heavy (non-hydrogen) atoms. The lowest BCUT2D eigenvalue weighted by atomic mass is 10.1. The largest absolute Gasteiger partial charge is 0.462 e. The number of halogens is 1. The molecule has 0 unspecified atom stereocenters. The van der Waals surface area contributed by atoms with Gasteiger partial charge in [-0.2, -0.15) is 0 Å². The first-order chi connectivity index (χ1) is 9.58. The van der Waals surface area contributed by atoms with E-state index in [1.54, 1.807) is 32.0 Å². The van der Waals surface area contributed by atoms with Crippen molar-refractivity contribution in [2.75, 3.05) is 13.2 Å². The minimum absolute atomic E-state index is 0.229. The number of carbonyl (C=O) groups excluding carboxylic acids is 2. The van der Waals surface area contributed by atoms with Crippen LogP contribution in [0.3, 0.4) is 0 Å². The third-order valence-electron chi connectivity index (χ3n) is 2.59. The first kappa shape index (κ1) is 14.8. The summed E-state index contributed by atoms with van der Waals surface area (Å²) < 4.78 is 10.8. The quantitative estimate of drug-likeness (QED) is 0.803. The molecule has 1 heterocycles. The number of hydrogen-bond donors (Lipinski definition) is 0. The Kier molecular flexibility index (Phi) is 4.62. The standard InChI is InChI=1S/C14H13ClO4S/c1-3-18-13(16)11-9-7-8(15)5-6-10(9)20-12(11)14(17)19-4-2/h5-7H,3-4H2,1-2H3. The Morgan fingerprint density at radius 3 is 2.45 bits per heavy atom. The Morgan fingerprint density at radius 1 is 1.15 bits per heavy atom. The molecule has 0 N–H and O–H groups in total. The van der Waals surface area contributed by atoms with Gasteiger partial charge in [-0.05, 0) is 32.0 Å². The summed E-state index contributed by atoms with van der Waals surface area (Å²) >= 11 is 7.16. The summed E-state index contributed by atoms with van der Waals surface area (Å²) in [5, 5.41) is 1.11. The topological polar surface area (TPSA) is 52.6 Å². The Bertz CT molecular complexity index is 662. The molecule has 1 aromatic heterocycles. The lowest BCUT2D eigenvalue weighted by Gasteiger charge is -2.04. The highest BCUT2D eigenvalue weighted by Crippen LogP contribution is 2.34. The van der Waals surface area contributed by atoms with Gasteiger partial charge in [-0.1, -0.05) is 11.6 Å². The van der Waals surface area contributed by atoms with Crippen molar-refractivity contribution >= 4 is 45.0 Å². The average molecular weight is 313 g/mol. The van der Waals surface area contributed by atoms with Gasteiger partial charge in [-0.3, -0.25) is 0 Å². The van der Waals surface area contributed by atoms with Crippen LogP contribution in [0.25, 0.3) is 10.1 Å². The molecule has 0 saturated heterocycles. The van der Waals surface area contributed by atoms with E-state index in [2.05, 4.69) is 0 Å². The average Bonchev–Trinajstić information content (AvgIpc) is 2.77. The van der Waals surface area contributed by atoms with E-state index in [1.165, 1.54) is 11.3 Å². The molecule has 0 saturated carbocycles. The molecule has 0 spiro atoms. The monoisotopic (exact) mass is 312 g/mol. The number of esters is 2. The van der Waals surface area contributed by atoms with Gasteiger partial charge in [0.15, 0.2) is 0 Å². The molecular weight excluding hydrogens is 300 g/mol. The number of rotatable bonds is 4. The van der Waals surface area contributed by atoms with Crippen LogP contribution in [0.15, 0.2) is 18.2 Å². The van der Waals surface area contributed by atoms with Crippen LogP contribution in [0.5, 0.6) is 0 Å². The van der Waals surface area contributed by atoms with E-state index >= 15 is 0 Å². The van der Waals surface area contributed by atoms with E-state index in [0.717, 1.165) is 4.70 Å². The Morgan fingerprint density at radius 2 is 1.80 bits per heavy atom. The third-order valence-corrected chi connectivity index (χ3v) is 3.98. The lowest BCUT2D eigenvalue weighted by Crippen LogP contribution is -2.11. The predicted octanol–water partition coefficient (Wildman–Crippen LogP) is 3.91. The van der Waals surface area contributed by atoms with Gasteiger partial charge in [0.1, 0.15) is 4.88 Å². The first-order valence-corrected chi connectivity index (χ1v) is 7.34. The molecule has 0 radical (unpaired) electrons. The number of ether oxygens (including phenoxy) is 2. The van der Waals surface area contributed by atoms with Crippen LogP contribution < -0.4 is 0 Å². The normalized spacial score (nSPS) is 10.6. The molecule has 2 rings (SSSR count). The Balaban J connectivity index is 2.63. The maximum absolute atomic E-state index is 12.1. The first-order valence-electron chi connectivity index (χ1n) is 6.14. The molecule has 1 aromatic carbocycles. The van der Waals surface area contributed by atoms with Gasteiger partial charge in [0.05, 0.1) is 18.8 Å². The highest BCUT2D eigenvalue weighted by molar-refractivity contribution is 7.21. The van der Waals surface area contributed by atoms with E-state index in [-0.39, 0.29) is 23.7 Å². The fourth-order valence-corrected chi connectivity index (χ4v) is 3.05. The van der Waals surface area contributed by atoms with Crippen LogP contribution in [-0.2, 0) is 9.47 Å². The van der Waals surface area contributed by atoms with Gasteiger partial charge in [0.25, 0.3) is 0 Å². The minimum Gasteiger partial charge on any atom is -0.462 e. The summed E-state index contributed by atoms with van der Waals surface area (Å²) in [6, 6.07) is 5.14. The molecule has 4 nitrogen and oxygen atoms in total. The predicted molar refractivity (Wildman–Crippen MR) is 78.7 cm³/mol. The Labute approximate surface area is 125 Å². The third kappa shape index (κ3) is 2.78. The molecular formula is C14H13ClO4S. The number of fused-ring (bicyclic) bond motifs is 1. The molecule has 0 amide bonds. The SMILES string of the molecule is CCOC(=O)c1sc2ccc(Cl)cc2c1C(=O)OCC. The van der Waals surface area contributed by atoms with Gasteiger partial charge in [0, 0.05) is 15.1 Å². The molecule has 0 bridgehead atoms. The number of carbonyl (C=O) groups is 2. The van der Waals surface area contributed by atoms with Crippen molar-refractivity contribution in [3.05, 3.63) is 33.7 Å².